The summed E-state index contributed by atoms with van der Waals surface area (Å²) in [5, 5.41) is 2.27. The van der Waals surface area contributed by atoms with Crippen LogP contribution in [0.1, 0.15) is 10.4 Å². The predicted octanol–water partition coefficient (Wildman–Crippen LogP) is 3.13. The largest absolute Gasteiger partial charge is 0.354 e. The second-order valence-electron chi connectivity index (χ2n) is 3.56. The minimum atomic E-state index is 0.712. The molecule has 72 valence electrons. The van der Waals surface area contributed by atoms with Crippen molar-refractivity contribution in [2.24, 2.45) is 0 Å². The molecule has 3 aromatic rings. The number of benzene rings is 2. The van der Waals surface area contributed by atoms with Crippen molar-refractivity contribution in [3.05, 3.63) is 48.0 Å². The van der Waals surface area contributed by atoms with E-state index in [2.05, 4.69) is 11.1 Å². The van der Waals surface area contributed by atoms with Gasteiger partial charge in [0.1, 0.15) is 0 Å². The van der Waals surface area contributed by atoms with Gasteiger partial charge in [0.15, 0.2) is 6.29 Å². The van der Waals surface area contributed by atoms with Gasteiger partial charge in [-0.3, -0.25) is 4.79 Å². The molecule has 2 nitrogen and oxygen atoms in total. The van der Waals surface area contributed by atoms with Crippen molar-refractivity contribution in [1.29, 1.82) is 0 Å². The Morgan fingerprint density at radius 1 is 0.933 bits per heavy atom. The first kappa shape index (κ1) is 8.24. The van der Waals surface area contributed by atoms with E-state index in [1.54, 1.807) is 0 Å². The maximum Gasteiger partial charge on any atom is 0.152 e. The number of aromatic nitrogens is 1. The van der Waals surface area contributed by atoms with Gasteiger partial charge >= 0.3 is 0 Å². The van der Waals surface area contributed by atoms with Gasteiger partial charge in [0.05, 0.1) is 5.52 Å². The van der Waals surface area contributed by atoms with Gasteiger partial charge in [-0.05, 0) is 12.1 Å². The summed E-state index contributed by atoms with van der Waals surface area (Å²) < 4.78 is 0. The van der Waals surface area contributed by atoms with Gasteiger partial charge in [-0.15, -0.1) is 0 Å². The zero-order valence-corrected chi connectivity index (χ0v) is 8.03. The van der Waals surface area contributed by atoms with Crippen molar-refractivity contribution in [3.8, 4) is 0 Å². The van der Waals surface area contributed by atoms with Crippen molar-refractivity contribution in [1.82, 2.24) is 4.98 Å². The number of aromatic amines is 1. The maximum atomic E-state index is 10.9. The smallest absolute Gasteiger partial charge is 0.152 e. The Morgan fingerprint density at radius 2 is 1.73 bits per heavy atom. The van der Waals surface area contributed by atoms with Gasteiger partial charge in [-0.1, -0.05) is 30.3 Å². The lowest BCUT2D eigenvalue weighted by Gasteiger charge is -1.92. The molecule has 0 aliphatic rings. The third-order valence-electron chi connectivity index (χ3n) is 2.70. The van der Waals surface area contributed by atoms with Gasteiger partial charge in [0.25, 0.3) is 0 Å². The van der Waals surface area contributed by atoms with Crippen LogP contribution in [0.4, 0.5) is 0 Å². The molecule has 15 heavy (non-hydrogen) atoms. The van der Waals surface area contributed by atoms with Gasteiger partial charge in [0.2, 0.25) is 0 Å². The molecule has 0 spiro atoms. The van der Waals surface area contributed by atoms with Gasteiger partial charge in [0, 0.05) is 21.9 Å². The van der Waals surface area contributed by atoms with Crippen LogP contribution in [0.3, 0.4) is 0 Å². The summed E-state index contributed by atoms with van der Waals surface area (Å²) in [6.07, 6.45) is 0.887. The Morgan fingerprint density at radius 3 is 2.60 bits per heavy atom. The minimum Gasteiger partial charge on any atom is -0.354 e. The Bertz CT molecular complexity index is 652. The molecule has 0 saturated carbocycles. The normalized spacial score (nSPS) is 10.9. The number of carbonyl (C=O) groups excluding carboxylic acids is 1. The van der Waals surface area contributed by atoms with Crippen molar-refractivity contribution < 1.29 is 4.79 Å². The molecule has 0 radical (unpaired) electrons. The molecular formula is C13H9NO. The molecule has 2 heteroatoms. The van der Waals surface area contributed by atoms with E-state index in [-0.39, 0.29) is 0 Å². The summed E-state index contributed by atoms with van der Waals surface area (Å²) in [6.45, 7) is 0. The van der Waals surface area contributed by atoms with Crippen LogP contribution in [-0.2, 0) is 0 Å². The van der Waals surface area contributed by atoms with E-state index in [0.29, 0.717) is 5.56 Å². The first-order chi connectivity index (χ1) is 7.40. The lowest BCUT2D eigenvalue weighted by atomic mass is 10.1. The molecule has 1 N–H and O–H groups in total. The van der Waals surface area contributed by atoms with Crippen LogP contribution in [0.5, 0.6) is 0 Å². The highest BCUT2D eigenvalue weighted by Crippen LogP contribution is 2.26. The summed E-state index contributed by atoms with van der Waals surface area (Å²) >= 11 is 0. The lowest BCUT2D eigenvalue weighted by Crippen LogP contribution is -1.80. The fourth-order valence-corrected chi connectivity index (χ4v) is 1.99. The van der Waals surface area contributed by atoms with Crippen LogP contribution in [0.25, 0.3) is 21.8 Å². The Balaban J connectivity index is 2.59. The van der Waals surface area contributed by atoms with E-state index in [0.717, 1.165) is 28.1 Å². The fraction of sp³-hybridized carbons (Fsp3) is 0. The molecule has 3 rings (SSSR count). The average Bonchev–Trinajstić information content (AvgIpc) is 2.67. The van der Waals surface area contributed by atoms with Crippen LogP contribution >= 0.6 is 0 Å². The number of rotatable bonds is 1. The molecule has 1 heterocycles. The van der Waals surface area contributed by atoms with Crippen LogP contribution < -0.4 is 0 Å². The highest BCUT2D eigenvalue weighted by Gasteiger charge is 2.05. The third kappa shape index (κ3) is 1.08. The summed E-state index contributed by atoms with van der Waals surface area (Å²) in [5.41, 5.74) is 2.71. The molecule has 0 atom stereocenters. The van der Waals surface area contributed by atoms with Gasteiger partial charge in [-0.25, -0.2) is 0 Å². The monoisotopic (exact) mass is 195 g/mol. The highest BCUT2D eigenvalue weighted by atomic mass is 16.1. The maximum absolute atomic E-state index is 10.9. The SMILES string of the molecule is O=Cc1cccc2c1[nH]c1ccccc12. The van der Waals surface area contributed by atoms with Crippen molar-refractivity contribution in [2.75, 3.05) is 0 Å². The topological polar surface area (TPSA) is 32.9 Å². The summed E-state index contributed by atoms with van der Waals surface area (Å²) in [5.74, 6) is 0. The number of aldehydes is 1. The number of fused-ring (bicyclic) bond motifs is 3. The van der Waals surface area contributed by atoms with E-state index >= 15 is 0 Å². The van der Waals surface area contributed by atoms with Crippen LogP contribution in [0, 0.1) is 0 Å². The predicted molar refractivity (Wildman–Crippen MR) is 61.2 cm³/mol. The molecule has 2 aromatic carbocycles. The molecule has 0 saturated heterocycles. The lowest BCUT2D eigenvalue weighted by molar-refractivity contribution is 0.112. The summed E-state index contributed by atoms with van der Waals surface area (Å²) in [7, 11) is 0. The number of para-hydroxylation sites is 2. The molecule has 0 amide bonds. The second-order valence-corrected chi connectivity index (χ2v) is 3.56. The first-order valence-corrected chi connectivity index (χ1v) is 4.85. The fourth-order valence-electron chi connectivity index (χ4n) is 1.99. The van der Waals surface area contributed by atoms with Crippen LogP contribution in [0.2, 0.25) is 0 Å². The standard InChI is InChI=1S/C13H9NO/c15-8-9-4-3-6-11-10-5-1-2-7-12(10)14-13(9)11/h1-8,14H. The number of nitrogens with one attached hydrogen (secondary N) is 1. The molecule has 0 aliphatic heterocycles. The first-order valence-electron chi connectivity index (χ1n) is 4.85. The number of H-pyrrole nitrogens is 1. The van der Waals surface area contributed by atoms with Crippen molar-refractivity contribution in [3.63, 3.8) is 0 Å². The van der Waals surface area contributed by atoms with Gasteiger partial charge in [-0.2, -0.15) is 0 Å². The highest BCUT2D eigenvalue weighted by molar-refractivity contribution is 6.11. The number of hydrogen-bond donors (Lipinski definition) is 1. The quantitative estimate of drug-likeness (QED) is 0.594. The molecule has 0 bridgehead atoms. The summed E-state index contributed by atoms with van der Waals surface area (Å²) in [4.78, 5) is 14.1. The van der Waals surface area contributed by atoms with E-state index in [1.165, 1.54) is 0 Å². The van der Waals surface area contributed by atoms with E-state index in [4.69, 9.17) is 0 Å². The van der Waals surface area contributed by atoms with Crippen LogP contribution in [-0.4, -0.2) is 11.3 Å². The zero-order chi connectivity index (χ0) is 10.3. The minimum absolute atomic E-state index is 0.712. The van der Waals surface area contributed by atoms with Crippen molar-refractivity contribution >= 4 is 28.1 Å². The molecule has 0 aliphatic carbocycles. The molecule has 0 fully saturated rings. The van der Waals surface area contributed by atoms with E-state index in [9.17, 15) is 4.79 Å². The Labute approximate surface area is 86.5 Å². The Hall–Kier alpha value is -2.09. The number of hydrogen-bond acceptors (Lipinski definition) is 1. The Kier molecular flexibility index (Phi) is 1.62. The van der Waals surface area contributed by atoms with E-state index < -0.39 is 0 Å². The van der Waals surface area contributed by atoms with Crippen molar-refractivity contribution in [2.45, 2.75) is 0 Å². The zero-order valence-electron chi connectivity index (χ0n) is 8.03. The summed E-state index contributed by atoms with van der Waals surface area (Å²) in [6, 6.07) is 13.8. The molecular weight excluding hydrogens is 186 g/mol. The molecule has 0 unspecified atom stereocenters. The number of carbonyl (C=O) groups is 1. The molecule has 1 aromatic heterocycles. The third-order valence-corrected chi connectivity index (χ3v) is 2.70. The van der Waals surface area contributed by atoms with Crippen LogP contribution in [0.15, 0.2) is 42.5 Å². The average molecular weight is 195 g/mol. The van der Waals surface area contributed by atoms with Gasteiger partial charge < -0.3 is 4.98 Å². The van der Waals surface area contributed by atoms with E-state index in [1.807, 2.05) is 36.4 Å². The second kappa shape index (κ2) is 2.95.